The molecule has 2 heterocycles. The van der Waals surface area contributed by atoms with Gasteiger partial charge in [0.2, 0.25) is 23.6 Å². The SMILES string of the molecule is O=C(NCCc1ccc(C(F)(F)F)cc1)[C@@H]1CN(C(=O)c2ccc(C(=O)N3C[C@@H](C(=O)NCCc4ccc(C(F)(F)F)cc4)[C@H](C(=O)NCCc4ccc(C(F)(F)F)cc4)C3)cc2)C[C@H]1C(=O)NCCc1ccc(C(F)(F)F)cc1. The van der Waals surface area contributed by atoms with Crippen LogP contribution in [0.2, 0.25) is 0 Å². The number of amides is 6. The summed E-state index contributed by atoms with van der Waals surface area (Å²) < 4.78 is 157. The van der Waals surface area contributed by atoms with Crippen LogP contribution in [0.4, 0.5) is 52.7 Å². The number of alkyl halides is 12. The van der Waals surface area contributed by atoms with E-state index in [1.165, 1.54) is 82.6 Å². The van der Waals surface area contributed by atoms with E-state index < -0.39 is 106 Å². The van der Waals surface area contributed by atoms with E-state index in [2.05, 4.69) is 21.3 Å². The van der Waals surface area contributed by atoms with Crippen molar-refractivity contribution in [1.82, 2.24) is 31.1 Å². The number of rotatable bonds is 18. The molecular weight excluding hydrogens is 1080 g/mol. The zero-order valence-electron chi connectivity index (χ0n) is 42.2. The lowest BCUT2D eigenvalue weighted by molar-refractivity contribution is -0.138. The maximum atomic E-state index is 14.0. The molecule has 0 aliphatic carbocycles. The minimum absolute atomic E-state index is 0.0309. The quantitative estimate of drug-likeness (QED) is 0.0645. The van der Waals surface area contributed by atoms with Gasteiger partial charge in [-0.05, 0) is 121 Å². The van der Waals surface area contributed by atoms with E-state index in [9.17, 15) is 81.5 Å². The fourth-order valence-electron chi connectivity index (χ4n) is 9.41. The first-order valence-corrected chi connectivity index (χ1v) is 25.1. The van der Waals surface area contributed by atoms with Crippen LogP contribution < -0.4 is 21.3 Å². The van der Waals surface area contributed by atoms with Crippen LogP contribution in [-0.2, 0) is 69.6 Å². The fraction of sp³-hybridized carbons (Fsp3) is 0.357. The Morgan fingerprint density at radius 1 is 0.325 bits per heavy atom. The van der Waals surface area contributed by atoms with Crippen molar-refractivity contribution in [3.05, 3.63) is 177 Å². The van der Waals surface area contributed by atoms with Crippen LogP contribution in [0.1, 0.15) is 65.2 Å². The highest BCUT2D eigenvalue weighted by Crippen LogP contribution is 2.33. The lowest BCUT2D eigenvalue weighted by Crippen LogP contribution is -2.42. The van der Waals surface area contributed by atoms with E-state index in [-0.39, 0.29) is 89.2 Å². The summed E-state index contributed by atoms with van der Waals surface area (Å²) in [5, 5.41) is 10.7. The number of hydrogen-bond donors (Lipinski definition) is 4. The summed E-state index contributed by atoms with van der Waals surface area (Å²) in [6.07, 6.45) is -17.7. The Kier molecular flexibility index (Phi) is 18.7. The molecule has 0 bridgehead atoms. The van der Waals surface area contributed by atoms with Gasteiger partial charge in [0, 0.05) is 63.5 Å². The van der Waals surface area contributed by atoms with Gasteiger partial charge in [0.25, 0.3) is 11.8 Å². The standard InChI is InChI=1S/C56H52F12N6O6/c57-53(58,59)39-13-1-33(2-14-39)21-25-69-47(75)43-29-73(30-44(43)48(76)70-26-22-34-3-15-40(16-4-34)54(60,61)62)51(79)37-9-11-38(12-10-37)52(80)74-31-45(49(77)71-27-23-35-5-17-41(18-6-35)55(63,64)65)46(32-74)50(78)72-28-24-36-7-19-42(20-8-36)56(66,67)68/h1-20,43-46H,21-32H2,(H,69,75)(H,70,76)(H,71,77)(H,72,78)/t43-,44-,45-,46-/m1/s1. The Morgan fingerprint density at radius 3 is 0.688 bits per heavy atom. The average Bonchev–Trinajstić information content (AvgIpc) is 4.13. The van der Waals surface area contributed by atoms with Gasteiger partial charge < -0.3 is 31.1 Å². The average molecular weight is 1130 g/mol. The topological polar surface area (TPSA) is 157 Å². The summed E-state index contributed by atoms with van der Waals surface area (Å²) in [6, 6.07) is 22.5. The van der Waals surface area contributed by atoms with Crippen LogP contribution >= 0.6 is 0 Å². The van der Waals surface area contributed by atoms with Gasteiger partial charge in [-0.25, -0.2) is 0 Å². The largest absolute Gasteiger partial charge is 0.416 e. The highest BCUT2D eigenvalue weighted by Gasteiger charge is 2.45. The zero-order chi connectivity index (χ0) is 58.2. The van der Waals surface area contributed by atoms with E-state index >= 15 is 0 Å². The summed E-state index contributed by atoms with van der Waals surface area (Å²) in [6.45, 7) is -1.24. The molecule has 4 atom stereocenters. The van der Waals surface area contributed by atoms with Gasteiger partial charge in [-0.2, -0.15) is 52.7 Å². The Balaban J connectivity index is 1.01. The lowest BCUT2D eigenvalue weighted by atomic mass is 9.94. The Bertz CT molecular complexity index is 2620. The van der Waals surface area contributed by atoms with Crippen LogP contribution in [0.25, 0.3) is 0 Å². The van der Waals surface area contributed by atoms with Crippen LogP contribution in [0.5, 0.6) is 0 Å². The molecule has 5 aromatic carbocycles. The molecule has 426 valence electrons. The number of halogens is 12. The molecule has 4 N–H and O–H groups in total. The van der Waals surface area contributed by atoms with Crippen molar-refractivity contribution in [3.8, 4) is 0 Å². The third-order valence-electron chi connectivity index (χ3n) is 13.9. The maximum Gasteiger partial charge on any atom is 0.416 e. The normalized spacial score (nSPS) is 17.7. The number of carbonyl (C=O) groups excluding carboxylic acids is 6. The molecule has 2 aliphatic heterocycles. The molecule has 24 heteroatoms. The van der Waals surface area contributed by atoms with E-state index in [1.807, 2.05) is 0 Å². The van der Waals surface area contributed by atoms with Crippen molar-refractivity contribution < 1.29 is 81.5 Å². The molecule has 0 aromatic heterocycles. The molecule has 0 spiro atoms. The van der Waals surface area contributed by atoms with Crippen molar-refractivity contribution in [2.45, 2.75) is 50.4 Å². The third kappa shape index (κ3) is 15.7. The molecule has 2 saturated heterocycles. The Labute approximate surface area is 450 Å². The van der Waals surface area contributed by atoms with Crippen LogP contribution in [0.15, 0.2) is 121 Å². The second-order valence-corrected chi connectivity index (χ2v) is 19.4. The molecule has 12 nitrogen and oxygen atoms in total. The summed E-state index contributed by atoms with van der Waals surface area (Å²) in [5.41, 5.74) is -1.48. The Hall–Kier alpha value is -7.92. The van der Waals surface area contributed by atoms with Crippen molar-refractivity contribution in [2.24, 2.45) is 23.7 Å². The maximum absolute atomic E-state index is 14.0. The Morgan fingerprint density at radius 2 is 0.512 bits per heavy atom. The number of nitrogens with zero attached hydrogens (tertiary/aromatic N) is 2. The van der Waals surface area contributed by atoms with Gasteiger partial charge in [-0.15, -0.1) is 0 Å². The van der Waals surface area contributed by atoms with Crippen LogP contribution in [-0.4, -0.2) is 97.6 Å². The molecule has 7 rings (SSSR count). The van der Waals surface area contributed by atoms with E-state index in [0.29, 0.717) is 22.3 Å². The molecule has 2 fully saturated rings. The molecule has 80 heavy (non-hydrogen) atoms. The zero-order valence-corrected chi connectivity index (χ0v) is 42.2. The second kappa shape index (κ2) is 25.0. The van der Waals surface area contributed by atoms with E-state index in [1.54, 1.807) is 0 Å². The van der Waals surface area contributed by atoms with Gasteiger partial charge in [0.1, 0.15) is 0 Å². The predicted octanol–water partition coefficient (Wildman–Crippen LogP) is 8.57. The van der Waals surface area contributed by atoms with Gasteiger partial charge in [-0.3, -0.25) is 28.8 Å². The molecule has 0 radical (unpaired) electrons. The van der Waals surface area contributed by atoms with Crippen LogP contribution in [0.3, 0.4) is 0 Å². The minimum atomic E-state index is -4.55. The monoisotopic (exact) mass is 1130 g/mol. The summed E-state index contributed by atoms with van der Waals surface area (Å²) >= 11 is 0. The summed E-state index contributed by atoms with van der Waals surface area (Å²) in [7, 11) is 0. The number of likely N-dealkylation sites (tertiary alicyclic amines) is 2. The second-order valence-electron chi connectivity index (χ2n) is 19.4. The van der Waals surface area contributed by atoms with Gasteiger partial charge in [0.15, 0.2) is 0 Å². The highest BCUT2D eigenvalue weighted by molar-refractivity contribution is 6.00. The number of carbonyl (C=O) groups is 6. The first-order valence-electron chi connectivity index (χ1n) is 25.1. The van der Waals surface area contributed by atoms with Crippen LogP contribution in [0, 0.1) is 23.7 Å². The third-order valence-corrected chi connectivity index (χ3v) is 13.9. The molecule has 0 saturated carbocycles. The highest BCUT2D eigenvalue weighted by atomic mass is 19.4. The van der Waals surface area contributed by atoms with Crippen molar-refractivity contribution >= 4 is 35.4 Å². The summed E-state index contributed by atoms with van der Waals surface area (Å²) in [4.78, 5) is 85.4. The number of hydrogen-bond acceptors (Lipinski definition) is 6. The first kappa shape index (κ1) is 59.7. The van der Waals surface area contributed by atoms with E-state index in [4.69, 9.17) is 0 Å². The van der Waals surface area contributed by atoms with Gasteiger partial charge >= 0.3 is 24.7 Å². The van der Waals surface area contributed by atoms with Gasteiger partial charge in [0.05, 0.1) is 45.9 Å². The molecule has 5 aromatic rings. The molecule has 2 aliphatic rings. The smallest absolute Gasteiger partial charge is 0.355 e. The summed E-state index contributed by atoms with van der Waals surface area (Å²) in [5.74, 6) is -8.35. The van der Waals surface area contributed by atoms with Crippen molar-refractivity contribution in [2.75, 3.05) is 52.4 Å². The van der Waals surface area contributed by atoms with Crippen molar-refractivity contribution in [1.29, 1.82) is 0 Å². The first-order chi connectivity index (χ1) is 37.6. The molecule has 6 amide bonds. The molecule has 0 unspecified atom stereocenters. The fourth-order valence-corrected chi connectivity index (χ4v) is 9.41. The van der Waals surface area contributed by atoms with E-state index in [0.717, 1.165) is 48.5 Å². The van der Waals surface area contributed by atoms with Gasteiger partial charge in [-0.1, -0.05) is 48.5 Å². The number of benzene rings is 5. The lowest BCUT2D eigenvalue weighted by Gasteiger charge is -2.18. The van der Waals surface area contributed by atoms with Crippen molar-refractivity contribution in [3.63, 3.8) is 0 Å². The predicted molar refractivity (Wildman–Crippen MR) is 265 cm³/mol. The molecular formula is C56H52F12N6O6. The number of nitrogens with one attached hydrogen (secondary N) is 4. The minimum Gasteiger partial charge on any atom is -0.355 e.